The van der Waals surface area contributed by atoms with Gasteiger partial charge in [0.1, 0.15) is 16.5 Å². The van der Waals surface area contributed by atoms with Crippen LogP contribution in [0.25, 0.3) is 0 Å². The Bertz CT molecular complexity index is 901. The first-order valence-electron chi connectivity index (χ1n) is 9.10. The SMILES string of the molecule is CCNC(=O)N(Cc1cccc(OS(=O)(=O)c2ccc(F)cc2)c1)C(C)CC. The smallest absolute Gasteiger partial charge is 0.339 e. The maximum absolute atomic E-state index is 13.0. The first-order chi connectivity index (χ1) is 13.3. The molecule has 0 radical (unpaired) electrons. The molecule has 6 nitrogen and oxygen atoms in total. The molecule has 2 rings (SSSR count). The van der Waals surface area contributed by atoms with Crippen LogP contribution in [-0.4, -0.2) is 31.9 Å². The lowest BCUT2D eigenvalue weighted by Crippen LogP contribution is -2.44. The highest BCUT2D eigenvalue weighted by molar-refractivity contribution is 7.87. The molecule has 1 N–H and O–H groups in total. The molecule has 2 amide bonds. The Morgan fingerprint density at radius 3 is 2.46 bits per heavy atom. The molecule has 0 aliphatic carbocycles. The van der Waals surface area contributed by atoms with Crippen LogP contribution in [0.2, 0.25) is 0 Å². The van der Waals surface area contributed by atoms with Crippen molar-refractivity contribution < 1.29 is 21.8 Å². The molecule has 0 aliphatic heterocycles. The molecular formula is C20H25FN2O4S. The van der Waals surface area contributed by atoms with Crippen molar-refractivity contribution in [1.82, 2.24) is 10.2 Å². The van der Waals surface area contributed by atoms with Gasteiger partial charge in [-0.25, -0.2) is 9.18 Å². The van der Waals surface area contributed by atoms with E-state index in [0.29, 0.717) is 13.1 Å². The zero-order valence-electron chi connectivity index (χ0n) is 16.2. The van der Waals surface area contributed by atoms with Crippen molar-refractivity contribution >= 4 is 16.1 Å². The molecular weight excluding hydrogens is 383 g/mol. The zero-order chi connectivity index (χ0) is 20.7. The Kier molecular flexibility index (Phi) is 7.39. The molecule has 152 valence electrons. The third-order valence-corrected chi connectivity index (χ3v) is 5.53. The van der Waals surface area contributed by atoms with Crippen molar-refractivity contribution in [1.29, 1.82) is 0 Å². The van der Waals surface area contributed by atoms with E-state index in [9.17, 15) is 17.6 Å². The molecule has 0 spiro atoms. The maximum Gasteiger partial charge on any atom is 0.339 e. The fraction of sp³-hybridized carbons (Fsp3) is 0.350. The second-order valence-corrected chi connectivity index (χ2v) is 7.91. The Balaban J connectivity index is 2.20. The average Bonchev–Trinajstić information content (AvgIpc) is 2.66. The van der Waals surface area contributed by atoms with E-state index in [1.54, 1.807) is 23.1 Å². The molecule has 8 heteroatoms. The summed E-state index contributed by atoms with van der Waals surface area (Å²) in [6.45, 7) is 6.63. The summed E-state index contributed by atoms with van der Waals surface area (Å²) in [6, 6.07) is 10.8. The minimum Gasteiger partial charge on any atom is -0.379 e. The van der Waals surface area contributed by atoms with Gasteiger partial charge in [0.05, 0.1) is 0 Å². The van der Waals surface area contributed by atoms with Gasteiger partial charge in [0.15, 0.2) is 0 Å². The fourth-order valence-electron chi connectivity index (χ4n) is 2.57. The van der Waals surface area contributed by atoms with Gasteiger partial charge >= 0.3 is 16.1 Å². The van der Waals surface area contributed by atoms with Crippen LogP contribution in [0.4, 0.5) is 9.18 Å². The molecule has 0 fully saturated rings. The van der Waals surface area contributed by atoms with Gasteiger partial charge in [-0.05, 0) is 62.2 Å². The predicted octanol–water partition coefficient (Wildman–Crippen LogP) is 3.92. The van der Waals surface area contributed by atoms with Crippen LogP contribution in [0, 0.1) is 5.82 Å². The third kappa shape index (κ3) is 5.69. The van der Waals surface area contributed by atoms with Crippen LogP contribution in [-0.2, 0) is 16.7 Å². The minimum absolute atomic E-state index is 0.0130. The Morgan fingerprint density at radius 1 is 1.18 bits per heavy atom. The third-order valence-electron chi connectivity index (χ3n) is 4.27. The highest BCUT2D eigenvalue weighted by atomic mass is 32.2. The molecule has 28 heavy (non-hydrogen) atoms. The van der Waals surface area contributed by atoms with Crippen LogP contribution in [0.15, 0.2) is 53.4 Å². The summed E-state index contributed by atoms with van der Waals surface area (Å²) < 4.78 is 42.9. The molecule has 0 saturated carbocycles. The molecule has 0 saturated heterocycles. The zero-order valence-corrected chi connectivity index (χ0v) is 17.0. The van der Waals surface area contributed by atoms with Crippen molar-refractivity contribution in [3.63, 3.8) is 0 Å². The number of carbonyl (C=O) groups excluding carboxylic acids is 1. The van der Waals surface area contributed by atoms with Crippen LogP contribution in [0.1, 0.15) is 32.8 Å². The summed E-state index contributed by atoms with van der Waals surface area (Å²) in [7, 11) is -4.08. The average molecular weight is 408 g/mol. The van der Waals surface area contributed by atoms with Crippen LogP contribution < -0.4 is 9.50 Å². The number of carbonyl (C=O) groups is 1. The molecule has 0 bridgehead atoms. The number of halogens is 1. The quantitative estimate of drug-likeness (QED) is 0.672. The van der Waals surface area contributed by atoms with Crippen molar-refractivity contribution in [2.45, 2.75) is 44.7 Å². The lowest BCUT2D eigenvalue weighted by Gasteiger charge is -2.28. The van der Waals surface area contributed by atoms with Crippen LogP contribution >= 0.6 is 0 Å². The largest absolute Gasteiger partial charge is 0.379 e. The van der Waals surface area contributed by atoms with Gasteiger partial charge in [-0.15, -0.1) is 0 Å². The van der Waals surface area contributed by atoms with Crippen molar-refractivity contribution in [3.8, 4) is 5.75 Å². The minimum atomic E-state index is -4.08. The number of benzene rings is 2. The number of nitrogens with one attached hydrogen (secondary N) is 1. The fourth-order valence-corrected chi connectivity index (χ4v) is 3.49. The van der Waals surface area contributed by atoms with E-state index in [-0.39, 0.29) is 22.7 Å². The number of urea groups is 1. The van der Waals surface area contributed by atoms with Crippen molar-refractivity contribution in [3.05, 3.63) is 59.9 Å². The topological polar surface area (TPSA) is 75.7 Å². The van der Waals surface area contributed by atoms with Crippen molar-refractivity contribution in [2.75, 3.05) is 6.54 Å². The molecule has 0 aromatic heterocycles. The normalized spacial score (nSPS) is 12.3. The highest BCUT2D eigenvalue weighted by Gasteiger charge is 2.20. The molecule has 2 aromatic carbocycles. The van der Waals surface area contributed by atoms with Crippen LogP contribution in [0.5, 0.6) is 5.75 Å². The van der Waals surface area contributed by atoms with Gasteiger partial charge in [0, 0.05) is 19.1 Å². The first-order valence-corrected chi connectivity index (χ1v) is 10.5. The van der Waals surface area contributed by atoms with Gasteiger partial charge in [0.2, 0.25) is 0 Å². The molecule has 0 aliphatic rings. The van der Waals surface area contributed by atoms with Crippen molar-refractivity contribution in [2.24, 2.45) is 0 Å². The molecule has 2 aromatic rings. The number of nitrogens with zero attached hydrogens (tertiary/aromatic N) is 1. The second kappa shape index (κ2) is 9.54. The summed E-state index contributed by atoms with van der Waals surface area (Å²) in [5, 5.41) is 2.79. The Hall–Kier alpha value is -2.61. The van der Waals surface area contributed by atoms with E-state index < -0.39 is 15.9 Å². The van der Waals surface area contributed by atoms with Gasteiger partial charge in [-0.2, -0.15) is 8.42 Å². The predicted molar refractivity (Wildman–Crippen MR) is 105 cm³/mol. The van der Waals surface area contributed by atoms with E-state index in [1.165, 1.54) is 6.07 Å². The molecule has 1 atom stereocenters. The van der Waals surface area contributed by atoms with Gasteiger partial charge in [-0.1, -0.05) is 19.1 Å². The van der Waals surface area contributed by atoms with Gasteiger partial charge in [-0.3, -0.25) is 0 Å². The van der Waals surface area contributed by atoms with Gasteiger partial charge < -0.3 is 14.4 Å². The second-order valence-electron chi connectivity index (χ2n) is 6.36. The van der Waals surface area contributed by atoms with Crippen LogP contribution in [0.3, 0.4) is 0 Å². The van der Waals surface area contributed by atoms with E-state index in [0.717, 1.165) is 36.2 Å². The van der Waals surface area contributed by atoms with E-state index in [4.69, 9.17) is 4.18 Å². The summed E-state index contributed by atoms with van der Waals surface area (Å²) in [4.78, 5) is 13.9. The number of hydrogen-bond acceptors (Lipinski definition) is 4. The highest BCUT2D eigenvalue weighted by Crippen LogP contribution is 2.21. The maximum atomic E-state index is 13.0. The monoisotopic (exact) mass is 408 g/mol. The van der Waals surface area contributed by atoms with E-state index in [1.807, 2.05) is 20.8 Å². The van der Waals surface area contributed by atoms with E-state index >= 15 is 0 Å². The summed E-state index contributed by atoms with van der Waals surface area (Å²) in [5.41, 5.74) is 0.735. The number of rotatable bonds is 8. The number of amides is 2. The lowest BCUT2D eigenvalue weighted by molar-refractivity contribution is 0.174. The first kappa shape index (κ1) is 21.7. The Morgan fingerprint density at radius 2 is 1.86 bits per heavy atom. The van der Waals surface area contributed by atoms with Gasteiger partial charge in [0.25, 0.3) is 0 Å². The molecule has 1 unspecified atom stereocenters. The standard InChI is InChI=1S/C20H25FN2O4S/c1-4-15(3)23(20(24)22-5-2)14-16-7-6-8-18(13-16)27-28(25,26)19-11-9-17(21)10-12-19/h6-13,15H,4-5,14H2,1-3H3,(H,22,24). The Labute approximate surface area is 165 Å². The number of hydrogen-bond donors (Lipinski definition) is 1. The lowest BCUT2D eigenvalue weighted by atomic mass is 10.1. The molecule has 0 heterocycles. The summed E-state index contributed by atoms with van der Waals surface area (Å²) in [6.07, 6.45) is 0.784. The summed E-state index contributed by atoms with van der Waals surface area (Å²) in [5.74, 6) is -0.404. The summed E-state index contributed by atoms with van der Waals surface area (Å²) >= 11 is 0. The van der Waals surface area contributed by atoms with E-state index in [2.05, 4.69) is 5.32 Å².